The first kappa shape index (κ1) is 13.4. The predicted octanol–water partition coefficient (Wildman–Crippen LogP) is 3.26. The Kier molecular flexibility index (Phi) is 4.28. The summed E-state index contributed by atoms with van der Waals surface area (Å²) in [5.74, 6) is 0.672. The maximum atomic E-state index is 6.26. The number of benzene rings is 1. The molecule has 0 spiro atoms. The Hall–Kier alpha value is -1.02. The topological polar surface area (TPSA) is 29.3 Å². The van der Waals surface area contributed by atoms with E-state index in [-0.39, 0.29) is 0 Å². The van der Waals surface area contributed by atoms with Gasteiger partial charge in [-0.2, -0.15) is 0 Å². The van der Waals surface area contributed by atoms with E-state index in [0.29, 0.717) is 12.0 Å². The second kappa shape index (κ2) is 5.75. The van der Waals surface area contributed by atoms with Crippen molar-refractivity contribution >= 4 is 5.69 Å². The van der Waals surface area contributed by atoms with E-state index < -0.39 is 0 Å². The molecule has 2 atom stereocenters. The minimum absolute atomic E-state index is 0.380. The molecule has 1 aliphatic rings. The average Bonchev–Trinajstić information content (AvgIpc) is 2.77. The van der Waals surface area contributed by atoms with Gasteiger partial charge in [-0.1, -0.05) is 19.4 Å². The molecule has 1 saturated heterocycles. The van der Waals surface area contributed by atoms with Crippen LogP contribution in [0, 0.1) is 19.8 Å². The molecule has 1 aliphatic heterocycles. The average molecular weight is 246 g/mol. The maximum Gasteiger partial charge on any atom is 0.0371 e. The standard InChI is InChI=1S/C16H26N2/c1-4-5-16(17)14-6-7-18(11-14)15-9-12(2)8-13(3)10-15/h8-10,14,16H,4-7,11,17H2,1-3H3. The van der Waals surface area contributed by atoms with Gasteiger partial charge < -0.3 is 10.6 Å². The van der Waals surface area contributed by atoms with Crippen LogP contribution < -0.4 is 10.6 Å². The number of rotatable bonds is 4. The van der Waals surface area contributed by atoms with Crippen LogP contribution in [0.1, 0.15) is 37.3 Å². The third-order valence-electron chi connectivity index (χ3n) is 4.02. The van der Waals surface area contributed by atoms with Gasteiger partial charge in [0, 0.05) is 24.8 Å². The highest BCUT2D eigenvalue weighted by Crippen LogP contribution is 2.27. The van der Waals surface area contributed by atoms with Crippen molar-refractivity contribution < 1.29 is 0 Å². The molecule has 2 unspecified atom stereocenters. The van der Waals surface area contributed by atoms with Gasteiger partial charge in [-0.3, -0.25) is 0 Å². The second-order valence-corrected chi connectivity index (χ2v) is 5.79. The summed E-state index contributed by atoms with van der Waals surface area (Å²) in [5.41, 5.74) is 10.3. The lowest BCUT2D eigenvalue weighted by Crippen LogP contribution is -2.32. The monoisotopic (exact) mass is 246 g/mol. The summed E-state index contributed by atoms with van der Waals surface area (Å²) >= 11 is 0. The van der Waals surface area contributed by atoms with Crippen molar-refractivity contribution in [3.63, 3.8) is 0 Å². The van der Waals surface area contributed by atoms with E-state index in [2.05, 4.69) is 43.9 Å². The van der Waals surface area contributed by atoms with Crippen molar-refractivity contribution in [1.29, 1.82) is 0 Å². The van der Waals surface area contributed by atoms with Crippen molar-refractivity contribution in [2.75, 3.05) is 18.0 Å². The summed E-state index contributed by atoms with van der Waals surface area (Å²) in [6.07, 6.45) is 3.60. The zero-order chi connectivity index (χ0) is 13.1. The Labute approximate surface area is 111 Å². The highest BCUT2D eigenvalue weighted by atomic mass is 15.2. The first-order valence-electron chi connectivity index (χ1n) is 7.19. The van der Waals surface area contributed by atoms with E-state index in [4.69, 9.17) is 5.73 Å². The van der Waals surface area contributed by atoms with Crippen LogP contribution >= 0.6 is 0 Å². The van der Waals surface area contributed by atoms with Gasteiger partial charge in [-0.25, -0.2) is 0 Å². The van der Waals surface area contributed by atoms with Crippen LogP contribution in [0.25, 0.3) is 0 Å². The van der Waals surface area contributed by atoms with Crippen LogP contribution in [0.5, 0.6) is 0 Å². The molecular weight excluding hydrogens is 220 g/mol. The van der Waals surface area contributed by atoms with Crippen LogP contribution in [0.2, 0.25) is 0 Å². The third kappa shape index (κ3) is 3.05. The van der Waals surface area contributed by atoms with Crippen molar-refractivity contribution in [2.24, 2.45) is 11.7 Å². The number of hydrogen-bond acceptors (Lipinski definition) is 2. The Morgan fingerprint density at radius 2 is 1.94 bits per heavy atom. The van der Waals surface area contributed by atoms with Crippen LogP contribution in [0.4, 0.5) is 5.69 Å². The fraction of sp³-hybridized carbons (Fsp3) is 0.625. The highest BCUT2D eigenvalue weighted by Gasteiger charge is 2.27. The summed E-state index contributed by atoms with van der Waals surface area (Å²) in [6, 6.07) is 7.20. The fourth-order valence-electron chi connectivity index (χ4n) is 3.07. The van der Waals surface area contributed by atoms with Crippen LogP contribution in [-0.4, -0.2) is 19.1 Å². The van der Waals surface area contributed by atoms with Gasteiger partial charge in [-0.05, 0) is 55.9 Å². The molecule has 0 amide bonds. The molecule has 1 aromatic carbocycles. The number of nitrogens with zero attached hydrogens (tertiary/aromatic N) is 1. The van der Waals surface area contributed by atoms with Crippen LogP contribution in [0.3, 0.4) is 0 Å². The zero-order valence-electron chi connectivity index (χ0n) is 11.9. The van der Waals surface area contributed by atoms with Crippen molar-refractivity contribution in [3.8, 4) is 0 Å². The molecule has 2 rings (SSSR count). The molecule has 0 radical (unpaired) electrons. The Morgan fingerprint density at radius 1 is 1.28 bits per heavy atom. The first-order chi connectivity index (χ1) is 8.60. The molecular formula is C16H26N2. The molecule has 0 aliphatic carbocycles. The molecule has 0 aromatic heterocycles. The molecule has 2 heteroatoms. The highest BCUT2D eigenvalue weighted by molar-refractivity contribution is 5.51. The van der Waals surface area contributed by atoms with Gasteiger partial charge in [0.2, 0.25) is 0 Å². The normalized spacial score (nSPS) is 21.3. The van der Waals surface area contributed by atoms with Gasteiger partial charge in [0.25, 0.3) is 0 Å². The SMILES string of the molecule is CCCC(N)C1CCN(c2cc(C)cc(C)c2)C1. The molecule has 1 heterocycles. The smallest absolute Gasteiger partial charge is 0.0371 e. The second-order valence-electron chi connectivity index (χ2n) is 5.79. The number of nitrogens with two attached hydrogens (primary N) is 1. The van der Waals surface area contributed by atoms with E-state index >= 15 is 0 Å². The zero-order valence-corrected chi connectivity index (χ0v) is 11.9. The molecule has 0 bridgehead atoms. The predicted molar refractivity (Wildman–Crippen MR) is 79.1 cm³/mol. The molecule has 100 valence electrons. The maximum absolute atomic E-state index is 6.26. The van der Waals surface area contributed by atoms with E-state index in [0.717, 1.165) is 19.5 Å². The van der Waals surface area contributed by atoms with E-state index in [1.807, 2.05) is 0 Å². The summed E-state index contributed by atoms with van der Waals surface area (Å²) in [6.45, 7) is 8.85. The van der Waals surface area contributed by atoms with E-state index in [1.165, 1.54) is 29.7 Å². The van der Waals surface area contributed by atoms with Crippen LogP contribution in [0.15, 0.2) is 18.2 Å². The minimum Gasteiger partial charge on any atom is -0.371 e. The summed E-state index contributed by atoms with van der Waals surface area (Å²) in [5, 5.41) is 0. The van der Waals surface area contributed by atoms with Crippen molar-refractivity contribution in [3.05, 3.63) is 29.3 Å². The van der Waals surface area contributed by atoms with E-state index in [1.54, 1.807) is 0 Å². The lowest BCUT2D eigenvalue weighted by atomic mass is 9.96. The van der Waals surface area contributed by atoms with Gasteiger partial charge in [0.1, 0.15) is 0 Å². The number of hydrogen-bond donors (Lipinski definition) is 1. The Morgan fingerprint density at radius 3 is 2.56 bits per heavy atom. The summed E-state index contributed by atoms with van der Waals surface area (Å²) in [4.78, 5) is 2.50. The molecule has 2 N–H and O–H groups in total. The van der Waals surface area contributed by atoms with Gasteiger partial charge in [0.05, 0.1) is 0 Å². The lowest BCUT2D eigenvalue weighted by molar-refractivity contribution is 0.430. The molecule has 1 aromatic rings. The molecule has 2 nitrogen and oxygen atoms in total. The Balaban J connectivity index is 2.04. The fourth-order valence-corrected chi connectivity index (χ4v) is 3.07. The molecule has 0 saturated carbocycles. The lowest BCUT2D eigenvalue weighted by Gasteiger charge is -2.22. The van der Waals surface area contributed by atoms with E-state index in [9.17, 15) is 0 Å². The van der Waals surface area contributed by atoms with Crippen molar-refractivity contribution in [1.82, 2.24) is 0 Å². The number of anilines is 1. The number of aryl methyl sites for hydroxylation is 2. The van der Waals surface area contributed by atoms with Crippen LogP contribution in [-0.2, 0) is 0 Å². The quantitative estimate of drug-likeness (QED) is 0.883. The Bertz CT molecular complexity index is 380. The van der Waals surface area contributed by atoms with Gasteiger partial charge in [0.15, 0.2) is 0 Å². The minimum atomic E-state index is 0.380. The summed E-state index contributed by atoms with van der Waals surface area (Å²) < 4.78 is 0. The third-order valence-corrected chi connectivity index (χ3v) is 4.02. The van der Waals surface area contributed by atoms with Gasteiger partial charge >= 0.3 is 0 Å². The molecule has 1 fully saturated rings. The first-order valence-corrected chi connectivity index (χ1v) is 7.19. The molecule has 18 heavy (non-hydrogen) atoms. The van der Waals surface area contributed by atoms with Crippen molar-refractivity contribution in [2.45, 2.75) is 46.1 Å². The summed E-state index contributed by atoms with van der Waals surface area (Å²) in [7, 11) is 0. The largest absolute Gasteiger partial charge is 0.371 e. The van der Waals surface area contributed by atoms with Gasteiger partial charge in [-0.15, -0.1) is 0 Å².